The van der Waals surface area contributed by atoms with Crippen LogP contribution >= 0.6 is 0 Å². The molecule has 1 heterocycles. The molecule has 0 aliphatic heterocycles. The Bertz CT molecular complexity index is 1030. The second-order valence-corrected chi connectivity index (χ2v) is 7.22. The van der Waals surface area contributed by atoms with Crippen LogP contribution in [0.5, 0.6) is 0 Å². The third-order valence-corrected chi connectivity index (χ3v) is 4.82. The molecule has 3 rings (SSSR count). The normalized spacial score (nSPS) is 12.0. The fourth-order valence-electron chi connectivity index (χ4n) is 3.12. The van der Waals surface area contributed by atoms with Gasteiger partial charge < -0.3 is 5.73 Å². The predicted molar refractivity (Wildman–Crippen MR) is 107 cm³/mol. The van der Waals surface area contributed by atoms with Crippen molar-refractivity contribution in [2.24, 2.45) is 5.73 Å². The molecule has 0 spiro atoms. The summed E-state index contributed by atoms with van der Waals surface area (Å²) in [6.07, 6.45) is 1.57. The number of nitrogens with two attached hydrogens (primary N) is 1. The zero-order chi connectivity index (χ0) is 20.3. The minimum Gasteiger partial charge on any atom is -0.369 e. The second kappa shape index (κ2) is 8.05. The summed E-state index contributed by atoms with van der Waals surface area (Å²) in [5.74, 6) is -0.705. The Kier molecular flexibility index (Phi) is 5.55. The summed E-state index contributed by atoms with van der Waals surface area (Å²) >= 11 is 0. The Balaban J connectivity index is 1.85. The molecule has 0 bridgehead atoms. The Morgan fingerprint density at radius 1 is 1.18 bits per heavy atom. The van der Waals surface area contributed by atoms with Crippen LogP contribution in [0.15, 0.2) is 48.7 Å². The van der Waals surface area contributed by atoms with Crippen molar-refractivity contribution >= 4 is 5.91 Å². The molecular formula is C22H23N5O. The molecule has 0 aliphatic rings. The number of primary amides is 1. The number of nitrogens with zero attached hydrogens (tertiary/aromatic N) is 4. The first-order valence-corrected chi connectivity index (χ1v) is 9.18. The van der Waals surface area contributed by atoms with Crippen LogP contribution in [0.3, 0.4) is 0 Å². The summed E-state index contributed by atoms with van der Waals surface area (Å²) < 4.78 is 0. The average molecular weight is 373 g/mol. The Morgan fingerprint density at radius 2 is 1.86 bits per heavy atom. The summed E-state index contributed by atoms with van der Waals surface area (Å²) in [6, 6.07) is 15.7. The minimum absolute atomic E-state index is 0.409. The quantitative estimate of drug-likeness (QED) is 0.717. The van der Waals surface area contributed by atoms with Crippen LogP contribution in [-0.4, -0.2) is 20.9 Å². The van der Waals surface area contributed by atoms with Crippen molar-refractivity contribution < 1.29 is 4.79 Å². The molecule has 2 N–H and O–H groups in total. The molecule has 0 saturated carbocycles. The van der Waals surface area contributed by atoms with Gasteiger partial charge in [-0.05, 0) is 41.2 Å². The van der Waals surface area contributed by atoms with Crippen molar-refractivity contribution in [3.8, 4) is 6.07 Å². The average Bonchev–Trinajstić information content (AvgIpc) is 3.11. The zero-order valence-corrected chi connectivity index (χ0v) is 16.3. The van der Waals surface area contributed by atoms with E-state index in [1.807, 2.05) is 49.4 Å². The first kappa shape index (κ1) is 19.3. The third kappa shape index (κ3) is 4.09. The first-order chi connectivity index (χ1) is 13.4. The molecule has 0 saturated heterocycles. The third-order valence-electron chi connectivity index (χ3n) is 4.82. The van der Waals surface area contributed by atoms with Crippen LogP contribution in [0.25, 0.3) is 0 Å². The lowest BCUT2D eigenvalue weighted by Gasteiger charge is -2.13. The van der Waals surface area contributed by atoms with Crippen molar-refractivity contribution in [2.75, 3.05) is 0 Å². The van der Waals surface area contributed by atoms with E-state index >= 15 is 0 Å². The number of amides is 1. The van der Waals surface area contributed by atoms with Gasteiger partial charge in [-0.15, -0.1) is 0 Å². The summed E-state index contributed by atoms with van der Waals surface area (Å²) in [5.41, 5.74) is 10.6. The Hall–Kier alpha value is -3.46. The van der Waals surface area contributed by atoms with Gasteiger partial charge in [0.25, 0.3) is 0 Å². The van der Waals surface area contributed by atoms with E-state index in [0.717, 1.165) is 16.7 Å². The molecule has 6 nitrogen and oxygen atoms in total. The standard InChI is InChI=1S/C22H23N5O/c1-14(2)17-6-8-18(9-7-17)21(22(24)28)20-12-25-27(26-20)13-16-5-4-15(3)19(10-16)11-23/h4-10,12,14,21H,13H2,1-3H3,(H2,24,28). The van der Waals surface area contributed by atoms with Gasteiger partial charge in [0.1, 0.15) is 5.92 Å². The van der Waals surface area contributed by atoms with Gasteiger partial charge in [0.05, 0.1) is 30.1 Å². The van der Waals surface area contributed by atoms with Gasteiger partial charge in [-0.2, -0.15) is 20.3 Å². The van der Waals surface area contributed by atoms with E-state index in [9.17, 15) is 10.1 Å². The lowest BCUT2D eigenvalue weighted by Crippen LogP contribution is -2.23. The van der Waals surface area contributed by atoms with E-state index in [2.05, 4.69) is 30.1 Å². The Morgan fingerprint density at radius 3 is 2.46 bits per heavy atom. The summed E-state index contributed by atoms with van der Waals surface area (Å²) in [4.78, 5) is 13.6. The highest BCUT2D eigenvalue weighted by atomic mass is 16.1. The molecule has 28 heavy (non-hydrogen) atoms. The van der Waals surface area contributed by atoms with E-state index in [1.165, 1.54) is 10.4 Å². The molecule has 3 aromatic rings. The van der Waals surface area contributed by atoms with E-state index in [-0.39, 0.29) is 0 Å². The van der Waals surface area contributed by atoms with Crippen LogP contribution < -0.4 is 5.73 Å². The van der Waals surface area contributed by atoms with E-state index < -0.39 is 11.8 Å². The molecule has 6 heteroatoms. The van der Waals surface area contributed by atoms with E-state index in [1.54, 1.807) is 6.20 Å². The van der Waals surface area contributed by atoms with Crippen molar-refractivity contribution in [3.05, 3.63) is 82.2 Å². The van der Waals surface area contributed by atoms with Crippen LogP contribution in [-0.2, 0) is 11.3 Å². The number of carbonyl (C=O) groups excluding carboxylic acids is 1. The predicted octanol–water partition coefficient (Wildman–Crippen LogP) is 3.25. The molecule has 1 amide bonds. The number of hydrogen-bond acceptors (Lipinski definition) is 4. The van der Waals surface area contributed by atoms with Crippen LogP contribution in [0.2, 0.25) is 0 Å². The van der Waals surface area contributed by atoms with Crippen LogP contribution in [0.4, 0.5) is 0 Å². The van der Waals surface area contributed by atoms with Crippen LogP contribution in [0, 0.1) is 18.3 Å². The molecule has 1 aromatic heterocycles. The largest absolute Gasteiger partial charge is 0.369 e. The second-order valence-electron chi connectivity index (χ2n) is 7.22. The zero-order valence-electron chi connectivity index (χ0n) is 16.3. The summed E-state index contributed by atoms with van der Waals surface area (Å²) in [7, 11) is 0. The number of aromatic nitrogens is 3. The van der Waals surface area contributed by atoms with Gasteiger partial charge >= 0.3 is 0 Å². The van der Waals surface area contributed by atoms with Crippen molar-refractivity contribution in [2.45, 2.75) is 39.2 Å². The summed E-state index contributed by atoms with van der Waals surface area (Å²) in [6.45, 7) is 6.55. The lowest BCUT2D eigenvalue weighted by atomic mass is 9.93. The summed E-state index contributed by atoms with van der Waals surface area (Å²) in [5, 5.41) is 17.9. The molecule has 0 fully saturated rings. The smallest absolute Gasteiger partial charge is 0.231 e. The van der Waals surface area contributed by atoms with E-state index in [0.29, 0.717) is 23.7 Å². The van der Waals surface area contributed by atoms with Gasteiger partial charge in [-0.1, -0.05) is 50.2 Å². The highest BCUT2D eigenvalue weighted by Crippen LogP contribution is 2.25. The maximum absolute atomic E-state index is 12.1. The fraction of sp³-hybridized carbons (Fsp3) is 0.273. The molecular weight excluding hydrogens is 350 g/mol. The minimum atomic E-state index is -0.650. The maximum atomic E-state index is 12.1. The van der Waals surface area contributed by atoms with Gasteiger partial charge in [-0.3, -0.25) is 4.79 Å². The molecule has 2 aromatic carbocycles. The van der Waals surface area contributed by atoms with Crippen molar-refractivity contribution in [1.29, 1.82) is 5.26 Å². The van der Waals surface area contributed by atoms with Crippen molar-refractivity contribution in [1.82, 2.24) is 15.0 Å². The molecule has 0 aliphatic carbocycles. The molecule has 0 radical (unpaired) electrons. The number of carbonyl (C=O) groups is 1. The van der Waals surface area contributed by atoms with Gasteiger partial charge in [0.2, 0.25) is 5.91 Å². The molecule has 1 unspecified atom stereocenters. The maximum Gasteiger partial charge on any atom is 0.231 e. The monoisotopic (exact) mass is 373 g/mol. The number of rotatable bonds is 6. The van der Waals surface area contributed by atoms with Gasteiger partial charge in [-0.25, -0.2) is 0 Å². The number of aryl methyl sites for hydroxylation is 1. The Labute approximate surface area is 164 Å². The highest BCUT2D eigenvalue weighted by Gasteiger charge is 2.23. The van der Waals surface area contributed by atoms with E-state index in [4.69, 9.17) is 5.73 Å². The SMILES string of the molecule is Cc1ccc(Cn2ncc(C(C(N)=O)c3ccc(C(C)C)cc3)n2)cc1C#N. The van der Waals surface area contributed by atoms with Gasteiger partial charge in [0.15, 0.2) is 0 Å². The highest BCUT2D eigenvalue weighted by molar-refractivity contribution is 5.85. The van der Waals surface area contributed by atoms with Crippen LogP contribution in [0.1, 0.15) is 59.2 Å². The molecule has 1 atom stereocenters. The topological polar surface area (TPSA) is 97.6 Å². The van der Waals surface area contributed by atoms with Crippen molar-refractivity contribution in [3.63, 3.8) is 0 Å². The number of benzene rings is 2. The first-order valence-electron chi connectivity index (χ1n) is 9.18. The fourth-order valence-corrected chi connectivity index (χ4v) is 3.12. The lowest BCUT2D eigenvalue weighted by molar-refractivity contribution is -0.118. The number of hydrogen-bond donors (Lipinski definition) is 1. The van der Waals surface area contributed by atoms with Gasteiger partial charge in [0, 0.05) is 0 Å². The molecule has 142 valence electrons. The number of nitriles is 1.